The lowest BCUT2D eigenvalue weighted by Gasteiger charge is -2.13. The van der Waals surface area contributed by atoms with E-state index in [2.05, 4.69) is 46.7 Å². The Balaban J connectivity index is 1.78. The molecule has 0 aliphatic rings. The smallest absolute Gasteiger partial charge is 0.191 e. The Labute approximate surface area is 150 Å². The Morgan fingerprint density at radius 2 is 2.08 bits per heavy atom. The van der Waals surface area contributed by atoms with Crippen molar-refractivity contribution in [2.75, 3.05) is 26.7 Å². The van der Waals surface area contributed by atoms with Gasteiger partial charge in [-0.1, -0.05) is 19.1 Å². The van der Waals surface area contributed by atoms with Crippen molar-refractivity contribution in [1.29, 1.82) is 0 Å². The summed E-state index contributed by atoms with van der Waals surface area (Å²) in [6, 6.07) is 10.2. The van der Waals surface area contributed by atoms with Crippen molar-refractivity contribution in [2.45, 2.75) is 32.7 Å². The molecule has 1 aromatic carbocycles. The van der Waals surface area contributed by atoms with Crippen LogP contribution in [0.25, 0.3) is 0 Å². The summed E-state index contributed by atoms with van der Waals surface area (Å²) in [7, 11) is 1.69. The third-order valence-electron chi connectivity index (χ3n) is 4.05. The van der Waals surface area contributed by atoms with Crippen LogP contribution < -0.4 is 15.4 Å². The van der Waals surface area contributed by atoms with E-state index in [0.717, 1.165) is 44.3 Å². The minimum absolute atomic E-state index is 0.460. The highest BCUT2D eigenvalue weighted by atomic mass is 16.5. The van der Waals surface area contributed by atoms with Gasteiger partial charge in [0.05, 0.1) is 13.7 Å². The van der Waals surface area contributed by atoms with Crippen LogP contribution in [-0.2, 0) is 6.54 Å². The summed E-state index contributed by atoms with van der Waals surface area (Å²) >= 11 is 0. The maximum atomic E-state index is 5.21. The molecule has 2 N–H and O–H groups in total. The van der Waals surface area contributed by atoms with Crippen LogP contribution in [0.3, 0.4) is 0 Å². The molecule has 0 aliphatic heterocycles. The third-order valence-corrected chi connectivity index (χ3v) is 4.05. The second-order valence-electron chi connectivity index (χ2n) is 5.92. The van der Waals surface area contributed by atoms with Gasteiger partial charge in [0.2, 0.25) is 0 Å². The van der Waals surface area contributed by atoms with Gasteiger partial charge >= 0.3 is 0 Å². The summed E-state index contributed by atoms with van der Waals surface area (Å²) < 4.78 is 7.11. The number of benzene rings is 1. The lowest BCUT2D eigenvalue weighted by Crippen LogP contribution is -2.39. The predicted molar refractivity (Wildman–Crippen MR) is 102 cm³/mol. The maximum absolute atomic E-state index is 5.21. The van der Waals surface area contributed by atoms with Crippen molar-refractivity contribution >= 4 is 5.96 Å². The number of guanidine groups is 1. The van der Waals surface area contributed by atoms with Crippen LogP contribution in [0.15, 0.2) is 47.7 Å². The highest BCUT2D eigenvalue weighted by Crippen LogP contribution is 2.21. The molecule has 0 fully saturated rings. The third kappa shape index (κ3) is 6.49. The Morgan fingerprint density at radius 1 is 1.28 bits per heavy atom. The van der Waals surface area contributed by atoms with Gasteiger partial charge in [0.25, 0.3) is 0 Å². The molecule has 1 unspecified atom stereocenters. The van der Waals surface area contributed by atoms with E-state index < -0.39 is 0 Å². The Hall–Kier alpha value is -2.50. The molecule has 136 valence electrons. The number of ether oxygens (including phenoxy) is 1. The molecule has 1 atom stereocenters. The SMILES string of the molecule is CCNC(=NCCC(C)c1ccc(OC)cc1)NCCn1cccn1. The van der Waals surface area contributed by atoms with E-state index in [1.165, 1.54) is 5.56 Å². The van der Waals surface area contributed by atoms with E-state index in [0.29, 0.717) is 5.92 Å². The summed E-state index contributed by atoms with van der Waals surface area (Å²) in [5, 5.41) is 10.8. The molecule has 2 rings (SSSR count). The molecule has 0 bridgehead atoms. The molecular formula is C19H29N5O. The van der Waals surface area contributed by atoms with Crippen LogP contribution in [0, 0.1) is 0 Å². The average Bonchev–Trinajstić information content (AvgIpc) is 3.15. The molecule has 0 radical (unpaired) electrons. The number of rotatable bonds is 9. The fourth-order valence-corrected chi connectivity index (χ4v) is 2.53. The van der Waals surface area contributed by atoms with Gasteiger partial charge in [0.15, 0.2) is 5.96 Å². The first-order valence-electron chi connectivity index (χ1n) is 8.86. The Morgan fingerprint density at radius 3 is 2.72 bits per heavy atom. The van der Waals surface area contributed by atoms with E-state index in [1.807, 2.05) is 29.1 Å². The molecule has 2 aromatic rings. The lowest BCUT2D eigenvalue weighted by molar-refractivity contribution is 0.414. The number of aromatic nitrogens is 2. The Kier molecular flexibility index (Phi) is 7.82. The zero-order valence-corrected chi connectivity index (χ0v) is 15.4. The molecule has 0 saturated heterocycles. The van der Waals surface area contributed by atoms with Crippen molar-refractivity contribution in [3.05, 3.63) is 48.3 Å². The van der Waals surface area contributed by atoms with Crippen LogP contribution in [-0.4, -0.2) is 42.5 Å². The quantitative estimate of drug-likeness (QED) is 0.543. The fraction of sp³-hybridized carbons (Fsp3) is 0.474. The van der Waals surface area contributed by atoms with E-state index in [-0.39, 0.29) is 0 Å². The van der Waals surface area contributed by atoms with E-state index in [9.17, 15) is 0 Å². The van der Waals surface area contributed by atoms with Gasteiger partial charge in [-0.3, -0.25) is 9.67 Å². The number of hydrogen-bond acceptors (Lipinski definition) is 3. The molecular weight excluding hydrogens is 314 g/mol. The molecule has 0 aliphatic carbocycles. The van der Waals surface area contributed by atoms with Crippen LogP contribution in [0.2, 0.25) is 0 Å². The van der Waals surface area contributed by atoms with Crippen molar-refractivity contribution in [3.63, 3.8) is 0 Å². The van der Waals surface area contributed by atoms with Crippen molar-refractivity contribution in [1.82, 2.24) is 20.4 Å². The van der Waals surface area contributed by atoms with Gasteiger partial charge in [-0.05, 0) is 43.0 Å². The van der Waals surface area contributed by atoms with Gasteiger partial charge in [0.1, 0.15) is 5.75 Å². The van der Waals surface area contributed by atoms with Crippen molar-refractivity contribution < 1.29 is 4.74 Å². The minimum Gasteiger partial charge on any atom is -0.497 e. The van der Waals surface area contributed by atoms with Crippen LogP contribution in [0.5, 0.6) is 5.75 Å². The maximum Gasteiger partial charge on any atom is 0.191 e. The molecule has 6 nitrogen and oxygen atoms in total. The summed E-state index contributed by atoms with van der Waals surface area (Å²) in [5.41, 5.74) is 1.31. The largest absolute Gasteiger partial charge is 0.497 e. The van der Waals surface area contributed by atoms with Crippen LogP contribution >= 0.6 is 0 Å². The lowest BCUT2D eigenvalue weighted by atomic mass is 9.98. The van der Waals surface area contributed by atoms with E-state index >= 15 is 0 Å². The standard InChI is InChI=1S/C19H29N5O/c1-4-20-19(22-13-15-24-14-5-11-23-24)21-12-10-16(2)17-6-8-18(25-3)9-7-17/h5-9,11,14,16H,4,10,12-13,15H2,1-3H3,(H2,20,21,22). The number of nitrogens with zero attached hydrogens (tertiary/aromatic N) is 3. The number of hydrogen-bond donors (Lipinski definition) is 2. The number of aliphatic imine (C=N–C) groups is 1. The van der Waals surface area contributed by atoms with Gasteiger partial charge in [-0.25, -0.2) is 0 Å². The molecule has 1 aromatic heterocycles. The first-order valence-corrected chi connectivity index (χ1v) is 8.86. The van der Waals surface area contributed by atoms with Crippen molar-refractivity contribution in [3.8, 4) is 5.75 Å². The normalized spacial score (nSPS) is 12.7. The number of methoxy groups -OCH3 is 1. The highest BCUT2D eigenvalue weighted by molar-refractivity contribution is 5.79. The van der Waals surface area contributed by atoms with Crippen LogP contribution in [0.1, 0.15) is 31.7 Å². The summed E-state index contributed by atoms with van der Waals surface area (Å²) in [5.74, 6) is 2.21. The molecule has 0 amide bonds. The molecule has 1 heterocycles. The fourth-order valence-electron chi connectivity index (χ4n) is 2.53. The number of nitrogens with one attached hydrogen (secondary N) is 2. The molecule has 6 heteroatoms. The zero-order chi connectivity index (χ0) is 17.9. The second kappa shape index (κ2) is 10.4. The van der Waals surface area contributed by atoms with Gasteiger partial charge in [-0.15, -0.1) is 0 Å². The van der Waals surface area contributed by atoms with Gasteiger partial charge in [0, 0.05) is 32.0 Å². The average molecular weight is 343 g/mol. The van der Waals surface area contributed by atoms with Gasteiger partial charge < -0.3 is 15.4 Å². The van der Waals surface area contributed by atoms with Crippen molar-refractivity contribution in [2.24, 2.45) is 4.99 Å². The monoisotopic (exact) mass is 343 g/mol. The van der Waals surface area contributed by atoms with E-state index in [1.54, 1.807) is 13.3 Å². The van der Waals surface area contributed by atoms with Gasteiger partial charge in [-0.2, -0.15) is 5.10 Å². The summed E-state index contributed by atoms with van der Waals surface area (Å²) in [6.07, 6.45) is 4.75. The first kappa shape index (κ1) is 18.8. The minimum atomic E-state index is 0.460. The Bertz CT molecular complexity index is 622. The van der Waals surface area contributed by atoms with E-state index in [4.69, 9.17) is 4.74 Å². The highest BCUT2D eigenvalue weighted by Gasteiger charge is 2.06. The zero-order valence-electron chi connectivity index (χ0n) is 15.4. The predicted octanol–water partition coefficient (Wildman–Crippen LogP) is 2.64. The molecule has 0 saturated carbocycles. The summed E-state index contributed by atoms with van der Waals surface area (Å²) in [6.45, 7) is 7.55. The summed E-state index contributed by atoms with van der Waals surface area (Å²) in [4.78, 5) is 4.67. The molecule has 0 spiro atoms. The first-order chi connectivity index (χ1) is 12.2. The second-order valence-corrected chi connectivity index (χ2v) is 5.92. The van der Waals surface area contributed by atoms with Crippen LogP contribution in [0.4, 0.5) is 0 Å². The topological polar surface area (TPSA) is 63.5 Å². The molecule has 25 heavy (non-hydrogen) atoms.